The van der Waals surface area contributed by atoms with Gasteiger partial charge in [-0.25, -0.2) is 0 Å². The summed E-state index contributed by atoms with van der Waals surface area (Å²) in [5, 5.41) is 0. The summed E-state index contributed by atoms with van der Waals surface area (Å²) in [6.07, 6.45) is 1.39. The van der Waals surface area contributed by atoms with E-state index in [9.17, 15) is 4.79 Å². The molecule has 3 heteroatoms. The monoisotopic (exact) mass is 156 g/mol. The van der Waals surface area contributed by atoms with E-state index >= 15 is 0 Å². The normalized spacial score (nSPS) is 7.78. The van der Waals surface area contributed by atoms with E-state index in [1.807, 2.05) is 6.92 Å². The standard InChI is InChI=1S/C6H12O2.K.H/c1-3-5-8-6(7)4-2;;/h3-5H2,1-2H3;;. The molecule has 0 unspecified atom stereocenters. The average Bonchev–Trinajstić information content (AvgIpc) is 1.83. The summed E-state index contributed by atoms with van der Waals surface area (Å²) < 4.78 is 4.70. The number of rotatable bonds is 3. The van der Waals surface area contributed by atoms with E-state index in [0.29, 0.717) is 13.0 Å². The summed E-state index contributed by atoms with van der Waals surface area (Å²) in [7, 11) is 0. The van der Waals surface area contributed by atoms with Crippen LogP contribution in [-0.2, 0) is 9.53 Å². The zero-order valence-electron chi connectivity index (χ0n) is 5.44. The second-order valence-corrected chi connectivity index (χ2v) is 1.57. The summed E-state index contributed by atoms with van der Waals surface area (Å²) in [5.74, 6) is -0.105. The van der Waals surface area contributed by atoms with Crippen molar-refractivity contribution in [1.29, 1.82) is 0 Å². The second-order valence-electron chi connectivity index (χ2n) is 1.57. The van der Waals surface area contributed by atoms with Gasteiger partial charge in [0.15, 0.2) is 0 Å². The predicted octanol–water partition coefficient (Wildman–Crippen LogP) is 0.701. The summed E-state index contributed by atoms with van der Waals surface area (Å²) in [4.78, 5) is 10.3. The Kier molecular flexibility index (Phi) is 12.9. The molecule has 0 saturated heterocycles. The van der Waals surface area contributed by atoms with Crippen molar-refractivity contribution in [3.8, 4) is 0 Å². The van der Waals surface area contributed by atoms with Crippen LogP contribution in [0.5, 0.6) is 0 Å². The Morgan fingerprint density at radius 2 is 2.00 bits per heavy atom. The van der Waals surface area contributed by atoms with Gasteiger partial charge in [0.1, 0.15) is 0 Å². The number of carbonyl (C=O) groups is 1. The fourth-order valence-corrected chi connectivity index (χ4v) is 0.318. The van der Waals surface area contributed by atoms with Crippen molar-refractivity contribution < 1.29 is 9.53 Å². The fraction of sp³-hybridized carbons (Fsp3) is 0.833. The van der Waals surface area contributed by atoms with E-state index in [1.165, 1.54) is 0 Å². The first-order valence-electron chi connectivity index (χ1n) is 2.96. The summed E-state index contributed by atoms with van der Waals surface area (Å²) >= 11 is 0. The zero-order chi connectivity index (χ0) is 6.41. The zero-order valence-corrected chi connectivity index (χ0v) is 5.44. The number of carbonyl (C=O) groups excluding carboxylic acids is 1. The van der Waals surface area contributed by atoms with E-state index in [1.54, 1.807) is 6.92 Å². The molecule has 0 heterocycles. The van der Waals surface area contributed by atoms with Crippen LogP contribution in [0.3, 0.4) is 0 Å². The Morgan fingerprint density at radius 3 is 2.33 bits per heavy atom. The Bertz CT molecular complexity index is 73.5. The Labute approximate surface area is 98.8 Å². The van der Waals surface area contributed by atoms with Gasteiger partial charge in [0, 0.05) is 6.42 Å². The topological polar surface area (TPSA) is 26.3 Å². The van der Waals surface area contributed by atoms with Crippen LogP contribution in [-0.4, -0.2) is 64.0 Å². The van der Waals surface area contributed by atoms with Crippen molar-refractivity contribution in [2.45, 2.75) is 26.7 Å². The summed E-state index contributed by atoms with van der Waals surface area (Å²) in [5.41, 5.74) is 0. The number of esters is 1. The molecule has 0 rings (SSSR count). The first-order chi connectivity index (χ1) is 3.81. The van der Waals surface area contributed by atoms with Crippen molar-refractivity contribution >= 4 is 57.4 Å². The van der Waals surface area contributed by atoms with Crippen LogP contribution in [0.25, 0.3) is 0 Å². The minimum atomic E-state index is -0.105. The SMILES string of the molecule is CCCOC(=O)CC.[KH]. The first kappa shape index (κ1) is 12.8. The van der Waals surface area contributed by atoms with Crippen LogP contribution in [0.1, 0.15) is 26.7 Å². The Hall–Kier alpha value is 1.11. The maximum atomic E-state index is 10.3. The van der Waals surface area contributed by atoms with E-state index < -0.39 is 0 Å². The van der Waals surface area contributed by atoms with Crippen molar-refractivity contribution in [3.63, 3.8) is 0 Å². The van der Waals surface area contributed by atoms with Gasteiger partial charge in [-0.15, -0.1) is 0 Å². The van der Waals surface area contributed by atoms with Crippen LogP contribution >= 0.6 is 0 Å². The van der Waals surface area contributed by atoms with Crippen LogP contribution in [0.15, 0.2) is 0 Å². The van der Waals surface area contributed by atoms with E-state index in [2.05, 4.69) is 0 Å². The molecule has 2 nitrogen and oxygen atoms in total. The molecule has 0 atom stereocenters. The van der Waals surface area contributed by atoms with Crippen LogP contribution in [0.2, 0.25) is 0 Å². The molecule has 9 heavy (non-hydrogen) atoms. The van der Waals surface area contributed by atoms with Gasteiger partial charge in [0.2, 0.25) is 0 Å². The fourth-order valence-electron chi connectivity index (χ4n) is 0.318. The first-order valence-corrected chi connectivity index (χ1v) is 2.96. The molecule has 50 valence electrons. The molecule has 0 amide bonds. The molecule has 0 saturated carbocycles. The number of hydrogen-bond donors (Lipinski definition) is 0. The maximum absolute atomic E-state index is 10.3. The van der Waals surface area contributed by atoms with Crippen LogP contribution in [0.4, 0.5) is 0 Å². The molecule has 0 aliphatic rings. The molecule has 0 fully saturated rings. The van der Waals surface area contributed by atoms with Crippen molar-refractivity contribution in [3.05, 3.63) is 0 Å². The average molecular weight is 156 g/mol. The Balaban J connectivity index is 0. The number of ether oxygens (including phenoxy) is 1. The minimum absolute atomic E-state index is 0. The third-order valence-corrected chi connectivity index (χ3v) is 0.756. The molecule has 0 aliphatic heterocycles. The molecule has 0 bridgehead atoms. The quantitative estimate of drug-likeness (QED) is 0.444. The Morgan fingerprint density at radius 1 is 1.44 bits per heavy atom. The summed E-state index contributed by atoms with van der Waals surface area (Å²) in [6.45, 7) is 4.33. The molecule has 0 aromatic rings. The molecule has 0 spiro atoms. The van der Waals surface area contributed by atoms with E-state index in [-0.39, 0.29) is 57.4 Å². The van der Waals surface area contributed by atoms with Gasteiger partial charge in [-0.2, -0.15) is 0 Å². The van der Waals surface area contributed by atoms with Gasteiger partial charge in [-0.05, 0) is 6.42 Å². The van der Waals surface area contributed by atoms with Crippen molar-refractivity contribution in [2.75, 3.05) is 6.61 Å². The third kappa shape index (κ3) is 9.11. The third-order valence-electron chi connectivity index (χ3n) is 0.756. The van der Waals surface area contributed by atoms with Crippen LogP contribution < -0.4 is 0 Å². The molecule has 0 aromatic carbocycles. The molecular weight excluding hydrogens is 143 g/mol. The molecule has 0 aliphatic carbocycles. The van der Waals surface area contributed by atoms with Gasteiger partial charge in [-0.1, -0.05) is 13.8 Å². The van der Waals surface area contributed by atoms with Gasteiger partial charge >= 0.3 is 57.4 Å². The molecule has 0 aromatic heterocycles. The predicted molar refractivity (Wildman–Crippen MR) is 38.7 cm³/mol. The van der Waals surface area contributed by atoms with Crippen LogP contribution in [0, 0.1) is 0 Å². The van der Waals surface area contributed by atoms with E-state index in [0.717, 1.165) is 6.42 Å². The van der Waals surface area contributed by atoms with Crippen molar-refractivity contribution in [1.82, 2.24) is 0 Å². The van der Waals surface area contributed by atoms with Crippen molar-refractivity contribution in [2.24, 2.45) is 0 Å². The second kappa shape index (κ2) is 9.11. The molecular formula is C6H13KO2. The number of hydrogen-bond acceptors (Lipinski definition) is 2. The molecule has 0 radical (unpaired) electrons. The van der Waals surface area contributed by atoms with E-state index in [4.69, 9.17) is 4.74 Å². The van der Waals surface area contributed by atoms with Gasteiger partial charge in [0.05, 0.1) is 6.61 Å². The van der Waals surface area contributed by atoms with Gasteiger partial charge in [-0.3, -0.25) is 4.79 Å². The van der Waals surface area contributed by atoms with Gasteiger partial charge in [0.25, 0.3) is 0 Å². The van der Waals surface area contributed by atoms with Gasteiger partial charge < -0.3 is 4.74 Å². The summed E-state index contributed by atoms with van der Waals surface area (Å²) in [6, 6.07) is 0. The molecule has 0 N–H and O–H groups in total.